The van der Waals surface area contributed by atoms with Crippen LogP contribution in [0.3, 0.4) is 0 Å². The first kappa shape index (κ1) is 13.9. The van der Waals surface area contributed by atoms with E-state index in [0.29, 0.717) is 12.1 Å². The molecule has 0 bridgehead atoms. The summed E-state index contributed by atoms with van der Waals surface area (Å²) in [5, 5.41) is 6.75. The van der Waals surface area contributed by atoms with Crippen molar-refractivity contribution in [3.05, 3.63) is 0 Å². The van der Waals surface area contributed by atoms with Crippen LogP contribution in [0.25, 0.3) is 0 Å². The molecule has 0 radical (unpaired) electrons. The van der Waals surface area contributed by atoms with Crippen LogP contribution >= 0.6 is 0 Å². The maximum atomic E-state index is 12.3. The average molecular weight is 252 g/mol. The summed E-state index contributed by atoms with van der Waals surface area (Å²) in [5.74, 6) is 0.280. The maximum Gasteiger partial charge on any atom is 0.225 e. The molecule has 3 heteroatoms. The zero-order valence-corrected chi connectivity index (χ0v) is 11.9. The molecule has 1 aliphatic heterocycles. The van der Waals surface area contributed by atoms with Gasteiger partial charge in [-0.25, -0.2) is 0 Å². The Morgan fingerprint density at radius 2 is 1.94 bits per heavy atom. The van der Waals surface area contributed by atoms with Gasteiger partial charge in [0.2, 0.25) is 5.91 Å². The second-order valence-corrected chi connectivity index (χ2v) is 6.53. The number of amides is 1. The lowest BCUT2D eigenvalue weighted by atomic mass is 9.75. The van der Waals surface area contributed by atoms with Crippen molar-refractivity contribution >= 4 is 5.91 Å². The fourth-order valence-electron chi connectivity index (χ4n) is 3.39. The third-order valence-corrected chi connectivity index (χ3v) is 4.72. The van der Waals surface area contributed by atoms with Crippen LogP contribution in [0.2, 0.25) is 0 Å². The van der Waals surface area contributed by atoms with E-state index in [1.807, 2.05) is 0 Å². The largest absolute Gasteiger partial charge is 0.354 e. The summed E-state index contributed by atoms with van der Waals surface area (Å²) in [6, 6.07) is 1.08. The second kappa shape index (κ2) is 6.05. The van der Waals surface area contributed by atoms with Crippen LogP contribution in [0.1, 0.15) is 65.2 Å². The summed E-state index contributed by atoms with van der Waals surface area (Å²) in [6.45, 7) is 5.17. The van der Waals surface area contributed by atoms with Crippen LogP contribution in [0, 0.1) is 5.41 Å². The van der Waals surface area contributed by atoms with Gasteiger partial charge in [-0.1, -0.05) is 32.6 Å². The lowest BCUT2D eigenvalue weighted by Gasteiger charge is -2.34. The molecular weight excluding hydrogens is 224 g/mol. The molecule has 1 aliphatic carbocycles. The summed E-state index contributed by atoms with van der Waals surface area (Å²) >= 11 is 0. The molecule has 0 aromatic carbocycles. The molecule has 1 saturated carbocycles. The van der Waals surface area contributed by atoms with Crippen molar-refractivity contribution < 1.29 is 4.79 Å². The minimum absolute atomic E-state index is 0.0987. The van der Waals surface area contributed by atoms with E-state index in [-0.39, 0.29) is 11.3 Å². The van der Waals surface area contributed by atoms with E-state index in [1.165, 1.54) is 38.5 Å². The molecule has 1 amide bonds. The van der Waals surface area contributed by atoms with Crippen LogP contribution in [0.5, 0.6) is 0 Å². The van der Waals surface area contributed by atoms with Crippen molar-refractivity contribution in [2.45, 2.75) is 77.3 Å². The van der Waals surface area contributed by atoms with Gasteiger partial charge in [-0.3, -0.25) is 4.79 Å². The Morgan fingerprint density at radius 3 is 2.61 bits per heavy atom. The number of hydrogen-bond donors (Lipinski definition) is 2. The third kappa shape index (κ3) is 3.47. The summed E-state index contributed by atoms with van der Waals surface area (Å²) < 4.78 is 0. The highest BCUT2D eigenvalue weighted by molar-refractivity contribution is 5.82. The molecule has 2 rings (SSSR count). The lowest BCUT2D eigenvalue weighted by Crippen LogP contribution is -2.50. The van der Waals surface area contributed by atoms with Gasteiger partial charge in [0.1, 0.15) is 0 Å². The molecule has 2 N–H and O–H groups in total. The lowest BCUT2D eigenvalue weighted by molar-refractivity contribution is -0.132. The summed E-state index contributed by atoms with van der Waals surface area (Å²) in [4.78, 5) is 12.3. The molecule has 2 unspecified atom stereocenters. The first-order valence-corrected chi connectivity index (χ1v) is 7.64. The van der Waals surface area contributed by atoms with Crippen molar-refractivity contribution in [1.29, 1.82) is 0 Å². The first-order valence-electron chi connectivity index (χ1n) is 7.64. The molecule has 0 aromatic heterocycles. The molecule has 0 spiro atoms. The maximum absolute atomic E-state index is 12.3. The highest BCUT2D eigenvalue weighted by Crippen LogP contribution is 2.35. The van der Waals surface area contributed by atoms with E-state index in [1.54, 1.807) is 0 Å². The number of piperidine rings is 1. The number of nitrogens with one attached hydrogen (secondary N) is 2. The van der Waals surface area contributed by atoms with E-state index in [4.69, 9.17) is 0 Å². The molecule has 2 aliphatic rings. The molecule has 0 aromatic rings. The Labute approximate surface area is 111 Å². The highest BCUT2D eigenvalue weighted by atomic mass is 16.2. The van der Waals surface area contributed by atoms with Gasteiger partial charge in [0.15, 0.2) is 0 Å². The number of carbonyl (C=O) groups is 1. The zero-order chi connectivity index (χ0) is 13.0. The van der Waals surface area contributed by atoms with E-state index >= 15 is 0 Å². The Bertz CT molecular complexity index is 284. The van der Waals surface area contributed by atoms with E-state index in [9.17, 15) is 4.79 Å². The minimum Gasteiger partial charge on any atom is -0.354 e. The van der Waals surface area contributed by atoms with Crippen molar-refractivity contribution in [3.8, 4) is 0 Å². The standard InChI is InChI=1S/C15H28N2O/c1-12-7-6-8-13(17-12)11-16-14(18)15(2)9-4-3-5-10-15/h12-13,17H,3-11H2,1-2H3,(H,16,18). The van der Waals surface area contributed by atoms with Gasteiger partial charge in [0, 0.05) is 24.0 Å². The molecule has 3 nitrogen and oxygen atoms in total. The van der Waals surface area contributed by atoms with Crippen LogP contribution < -0.4 is 10.6 Å². The van der Waals surface area contributed by atoms with Gasteiger partial charge in [-0.05, 0) is 32.6 Å². The predicted octanol–water partition coefficient (Wildman–Crippen LogP) is 2.60. The van der Waals surface area contributed by atoms with Crippen molar-refractivity contribution in [1.82, 2.24) is 10.6 Å². The third-order valence-electron chi connectivity index (χ3n) is 4.72. The van der Waals surface area contributed by atoms with Crippen LogP contribution in [0.15, 0.2) is 0 Å². The van der Waals surface area contributed by atoms with Crippen LogP contribution in [-0.4, -0.2) is 24.5 Å². The Balaban J connectivity index is 1.76. The first-order chi connectivity index (χ1) is 8.60. The monoisotopic (exact) mass is 252 g/mol. The minimum atomic E-state index is -0.0987. The topological polar surface area (TPSA) is 41.1 Å². The van der Waals surface area contributed by atoms with Crippen LogP contribution in [-0.2, 0) is 4.79 Å². The predicted molar refractivity (Wildman–Crippen MR) is 74.4 cm³/mol. The molecular formula is C15H28N2O. The molecule has 1 saturated heterocycles. The van der Waals surface area contributed by atoms with Crippen molar-refractivity contribution in [3.63, 3.8) is 0 Å². The Hall–Kier alpha value is -0.570. The number of carbonyl (C=O) groups excluding carboxylic acids is 1. The Morgan fingerprint density at radius 1 is 1.22 bits per heavy atom. The van der Waals surface area contributed by atoms with Gasteiger partial charge in [0.05, 0.1) is 0 Å². The SMILES string of the molecule is CC1CCCC(CNC(=O)C2(C)CCCCC2)N1. The molecule has 104 valence electrons. The Kier molecular flexibility index (Phi) is 4.66. The second-order valence-electron chi connectivity index (χ2n) is 6.53. The molecule has 18 heavy (non-hydrogen) atoms. The van der Waals surface area contributed by atoms with E-state index in [2.05, 4.69) is 24.5 Å². The number of rotatable bonds is 3. The van der Waals surface area contributed by atoms with Gasteiger partial charge in [-0.2, -0.15) is 0 Å². The summed E-state index contributed by atoms with van der Waals surface area (Å²) in [5.41, 5.74) is -0.0987. The van der Waals surface area contributed by atoms with Crippen molar-refractivity contribution in [2.24, 2.45) is 5.41 Å². The highest BCUT2D eigenvalue weighted by Gasteiger charge is 2.34. The zero-order valence-electron chi connectivity index (χ0n) is 11.9. The van der Waals surface area contributed by atoms with Crippen molar-refractivity contribution in [2.75, 3.05) is 6.54 Å². The summed E-state index contributed by atoms with van der Waals surface area (Å²) in [6.07, 6.45) is 9.59. The van der Waals surface area contributed by atoms with Gasteiger partial charge in [0.25, 0.3) is 0 Å². The normalized spacial score (nSPS) is 31.9. The summed E-state index contributed by atoms with van der Waals surface area (Å²) in [7, 11) is 0. The number of hydrogen-bond acceptors (Lipinski definition) is 2. The van der Waals surface area contributed by atoms with Gasteiger partial charge >= 0.3 is 0 Å². The van der Waals surface area contributed by atoms with Gasteiger partial charge < -0.3 is 10.6 Å². The smallest absolute Gasteiger partial charge is 0.225 e. The fourth-order valence-corrected chi connectivity index (χ4v) is 3.39. The van der Waals surface area contributed by atoms with Gasteiger partial charge in [-0.15, -0.1) is 0 Å². The van der Waals surface area contributed by atoms with E-state index < -0.39 is 0 Å². The molecule has 2 atom stereocenters. The fraction of sp³-hybridized carbons (Fsp3) is 0.933. The van der Waals surface area contributed by atoms with E-state index in [0.717, 1.165) is 19.4 Å². The quantitative estimate of drug-likeness (QED) is 0.810. The average Bonchev–Trinajstić information content (AvgIpc) is 2.37. The van der Waals surface area contributed by atoms with Crippen LogP contribution in [0.4, 0.5) is 0 Å². The molecule has 2 fully saturated rings. The molecule has 1 heterocycles.